The zero-order chi connectivity index (χ0) is 14.1. The van der Waals surface area contributed by atoms with Gasteiger partial charge in [-0.15, -0.1) is 0 Å². The first kappa shape index (κ1) is 13.2. The molecule has 5 nitrogen and oxygen atoms in total. The number of hydrogen-bond donors (Lipinski definition) is 2. The summed E-state index contributed by atoms with van der Waals surface area (Å²) < 4.78 is 2.37. The van der Waals surface area contributed by atoms with Crippen molar-refractivity contribution in [3.63, 3.8) is 0 Å². The number of rotatable bonds is 3. The van der Waals surface area contributed by atoms with Crippen LogP contribution in [0.2, 0.25) is 0 Å². The van der Waals surface area contributed by atoms with Crippen LogP contribution in [0.3, 0.4) is 0 Å². The molecule has 0 saturated carbocycles. The number of nitrogens with zero attached hydrogens (tertiary/aromatic N) is 3. The number of pyridine rings is 1. The normalized spacial score (nSPS) is 26.5. The second-order valence-corrected chi connectivity index (χ2v) is 6.29. The highest BCUT2D eigenvalue weighted by Gasteiger charge is 2.25. The number of fused-ring (bicyclic) bond motifs is 1. The molecule has 4 rings (SSSR count). The van der Waals surface area contributed by atoms with E-state index in [1.54, 1.807) is 0 Å². The lowest BCUT2D eigenvalue weighted by atomic mass is 10.0. The van der Waals surface area contributed by atoms with Gasteiger partial charge < -0.3 is 15.2 Å². The third-order valence-corrected chi connectivity index (χ3v) is 4.76. The zero-order valence-corrected chi connectivity index (χ0v) is 12.4. The molecule has 2 aromatic rings. The third kappa shape index (κ3) is 2.56. The van der Waals surface area contributed by atoms with Crippen molar-refractivity contribution >= 4 is 11.2 Å². The Hall–Kier alpha value is -1.46. The summed E-state index contributed by atoms with van der Waals surface area (Å²) in [5.41, 5.74) is 2.08. The second-order valence-electron chi connectivity index (χ2n) is 6.29. The summed E-state index contributed by atoms with van der Waals surface area (Å²) in [5.74, 6) is 1.89. The number of hydrogen-bond acceptors (Lipinski definition) is 4. The van der Waals surface area contributed by atoms with E-state index in [-0.39, 0.29) is 0 Å². The fraction of sp³-hybridized carbons (Fsp3) is 0.625. The monoisotopic (exact) mass is 285 g/mol. The molecule has 5 heteroatoms. The SMILES string of the molecule is c1cnc2c(c1)nc(C1CCCCN1)n2CC1CCNC1. The highest BCUT2D eigenvalue weighted by molar-refractivity contribution is 5.71. The molecule has 0 aliphatic carbocycles. The van der Waals surface area contributed by atoms with E-state index in [1.807, 2.05) is 12.3 Å². The van der Waals surface area contributed by atoms with Crippen LogP contribution in [-0.2, 0) is 6.54 Å². The molecule has 2 N–H and O–H groups in total. The molecular formula is C16H23N5. The Morgan fingerprint density at radius 3 is 3.05 bits per heavy atom. The van der Waals surface area contributed by atoms with Crippen molar-refractivity contribution in [2.24, 2.45) is 5.92 Å². The summed E-state index contributed by atoms with van der Waals surface area (Å²) in [7, 11) is 0. The Kier molecular flexibility index (Phi) is 3.61. The van der Waals surface area contributed by atoms with Gasteiger partial charge in [0.25, 0.3) is 0 Å². The van der Waals surface area contributed by atoms with Crippen LogP contribution in [0.15, 0.2) is 18.3 Å². The third-order valence-electron chi connectivity index (χ3n) is 4.76. The highest BCUT2D eigenvalue weighted by Crippen LogP contribution is 2.27. The van der Waals surface area contributed by atoms with Gasteiger partial charge in [0.05, 0.1) is 6.04 Å². The van der Waals surface area contributed by atoms with Crippen molar-refractivity contribution in [1.29, 1.82) is 0 Å². The van der Waals surface area contributed by atoms with Crippen LogP contribution in [0.4, 0.5) is 0 Å². The van der Waals surface area contributed by atoms with E-state index >= 15 is 0 Å². The molecule has 0 amide bonds. The molecule has 0 aromatic carbocycles. The quantitative estimate of drug-likeness (QED) is 0.904. The van der Waals surface area contributed by atoms with Gasteiger partial charge in [0.15, 0.2) is 5.65 Å². The predicted molar refractivity (Wildman–Crippen MR) is 83.1 cm³/mol. The average molecular weight is 285 g/mol. The van der Waals surface area contributed by atoms with Crippen molar-refractivity contribution < 1.29 is 0 Å². The topological polar surface area (TPSA) is 54.8 Å². The van der Waals surface area contributed by atoms with Crippen molar-refractivity contribution in [2.75, 3.05) is 19.6 Å². The van der Waals surface area contributed by atoms with E-state index < -0.39 is 0 Å². The first-order valence-electron chi connectivity index (χ1n) is 8.17. The van der Waals surface area contributed by atoms with E-state index in [0.717, 1.165) is 37.3 Å². The van der Waals surface area contributed by atoms with Crippen molar-refractivity contribution in [3.8, 4) is 0 Å². The smallest absolute Gasteiger partial charge is 0.160 e. The molecule has 0 bridgehead atoms. The van der Waals surface area contributed by atoms with E-state index in [4.69, 9.17) is 4.98 Å². The number of nitrogens with one attached hydrogen (secondary N) is 2. The predicted octanol–water partition coefficient (Wildman–Crippen LogP) is 1.86. The van der Waals surface area contributed by atoms with Crippen LogP contribution in [0.25, 0.3) is 11.2 Å². The summed E-state index contributed by atoms with van der Waals surface area (Å²) in [6, 6.07) is 4.45. The van der Waals surface area contributed by atoms with Gasteiger partial charge in [0.2, 0.25) is 0 Å². The molecule has 2 fully saturated rings. The Bertz CT molecular complexity index is 608. The molecule has 2 unspecified atom stereocenters. The molecule has 2 aliphatic heterocycles. The van der Waals surface area contributed by atoms with E-state index in [0.29, 0.717) is 12.0 Å². The van der Waals surface area contributed by atoms with Crippen LogP contribution in [0.1, 0.15) is 37.5 Å². The maximum atomic E-state index is 4.90. The Labute approximate surface area is 125 Å². The van der Waals surface area contributed by atoms with Crippen LogP contribution >= 0.6 is 0 Å². The highest BCUT2D eigenvalue weighted by atomic mass is 15.2. The molecule has 21 heavy (non-hydrogen) atoms. The van der Waals surface area contributed by atoms with Gasteiger partial charge in [-0.05, 0) is 56.9 Å². The van der Waals surface area contributed by atoms with Crippen LogP contribution in [0.5, 0.6) is 0 Å². The number of piperidine rings is 1. The second kappa shape index (κ2) is 5.73. The molecule has 4 heterocycles. The van der Waals surface area contributed by atoms with Gasteiger partial charge >= 0.3 is 0 Å². The first-order valence-corrected chi connectivity index (χ1v) is 8.17. The Morgan fingerprint density at radius 1 is 1.24 bits per heavy atom. The molecule has 0 spiro atoms. The summed E-state index contributed by atoms with van der Waals surface area (Å²) in [5, 5.41) is 7.10. The lowest BCUT2D eigenvalue weighted by molar-refractivity contribution is 0.374. The van der Waals surface area contributed by atoms with Gasteiger partial charge in [0.1, 0.15) is 11.3 Å². The van der Waals surface area contributed by atoms with Gasteiger partial charge in [-0.3, -0.25) is 0 Å². The van der Waals surface area contributed by atoms with Gasteiger partial charge in [-0.25, -0.2) is 9.97 Å². The fourth-order valence-corrected chi connectivity index (χ4v) is 3.62. The van der Waals surface area contributed by atoms with Gasteiger partial charge in [0, 0.05) is 12.7 Å². The Balaban J connectivity index is 1.72. The fourth-order valence-electron chi connectivity index (χ4n) is 3.62. The number of imidazole rings is 1. The van der Waals surface area contributed by atoms with E-state index in [9.17, 15) is 0 Å². The molecule has 2 atom stereocenters. The number of aromatic nitrogens is 3. The molecule has 2 saturated heterocycles. The van der Waals surface area contributed by atoms with Crippen molar-refractivity contribution in [3.05, 3.63) is 24.2 Å². The van der Waals surface area contributed by atoms with E-state index in [1.165, 1.54) is 31.5 Å². The average Bonchev–Trinajstić information content (AvgIpc) is 3.17. The van der Waals surface area contributed by atoms with E-state index in [2.05, 4.69) is 26.3 Å². The largest absolute Gasteiger partial charge is 0.316 e. The van der Waals surface area contributed by atoms with Gasteiger partial charge in [-0.2, -0.15) is 0 Å². The van der Waals surface area contributed by atoms with Crippen molar-refractivity contribution in [1.82, 2.24) is 25.2 Å². The summed E-state index contributed by atoms with van der Waals surface area (Å²) >= 11 is 0. The first-order chi connectivity index (χ1) is 10.4. The molecular weight excluding hydrogens is 262 g/mol. The van der Waals surface area contributed by atoms with Gasteiger partial charge in [-0.1, -0.05) is 6.42 Å². The minimum Gasteiger partial charge on any atom is -0.316 e. The maximum Gasteiger partial charge on any atom is 0.160 e. The standard InChI is InChI=1S/C16H23N5/c1-2-7-18-13(4-1)16-20-14-5-3-8-19-15(14)21(16)11-12-6-9-17-10-12/h3,5,8,12-13,17-18H,1-2,4,6-7,9-11H2. The van der Waals surface area contributed by atoms with Crippen LogP contribution < -0.4 is 10.6 Å². The van der Waals surface area contributed by atoms with Crippen molar-refractivity contribution in [2.45, 2.75) is 38.3 Å². The summed E-state index contributed by atoms with van der Waals surface area (Å²) in [6.07, 6.45) is 6.89. The molecule has 2 aromatic heterocycles. The summed E-state index contributed by atoms with van der Waals surface area (Å²) in [6.45, 7) is 4.39. The van der Waals surface area contributed by atoms with Crippen LogP contribution in [0, 0.1) is 5.92 Å². The molecule has 112 valence electrons. The summed E-state index contributed by atoms with van der Waals surface area (Å²) in [4.78, 5) is 9.49. The molecule has 0 radical (unpaired) electrons. The Morgan fingerprint density at radius 2 is 2.24 bits per heavy atom. The lowest BCUT2D eigenvalue weighted by Crippen LogP contribution is -2.30. The maximum absolute atomic E-state index is 4.90. The minimum absolute atomic E-state index is 0.391. The minimum atomic E-state index is 0.391. The van der Waals surface area contributed by atoms with Crippen LogP contribution in [-0.4, -0.2) is 34.2 Å². The lowest BCUT2D eigenvalue weighted by Gasteiger charge is -2.24. The zero-order valence-electron chi connectivity index (χ0n) is 12.4. The molecule has 2 aliphatic rings.